The summed E-state index contributed by atoms with van der Waals surface area (Å²) < 4.78 is 21.1. The zero-order chi connectivity index (χ0) is 17.6. The van der Waals surface area contributed by atoms with E-state index in [0.29, 0.717) is 41.4 Å². The van der Waals surface area contributed by atoms with Gasteiger partial charge in [-0.05, 0) is 35.9 Å². The van der Waals surface area contributed by atoms with Crippen molar-refractivity contribution in [3.8, 4) is 11.5 Å². The molecular weight excluding hydrogens is 324 g/mol. The molecule has 0 amide bonds. The minimum atomic E-state index is -0.473. The van der Waals surface area contributed by atoms with Crippen LogP contribution in [0.1, 0.15) is 32.7 Å². The smallest absolute Gasteiger partial charge is 0.338 e. The lowest BCUT2D eigenvalue weighted by molar-refractivity contribution is 0.0472. The largest absolute Gasteiger partial charge is 0.490 e. The third-order valence-corrected chi connectivity index (χ3v) is 3.70. The molecule has 2 aromatic rings. The molecule has 0 saturated carbocycles. The number of methoxy groups -OCH3 is 1. The third-order valence-electron chi connectivity index (χ3n) is 3.70. The number of rotatable bonds is 4. The van der Waals surface area contributed by atoms with Crippen molar-refractivity contribution in [2.24, 2.45) is 0 Å². The lowest BCUT2D eigenvalue weighted by Crippen LogP contribution is -2.07. The van der Waals surface area contributed by atoms with Gasteiger partial charge in [-0.3, -0.25) is 0 Å². The standard InChI is InChI=1S/C19H18O6/c1-22-18(20)14-5-2-4-13(10-14)12-25-19(21)15-6-7-16-17(11-15)24-9-3-8-23-16/h2,4-7,10-11H,3,8-9,12H2,1H3. The highest BCUT2D eigenvalue weighted by atomic mass is 16.5. The SMILES string of the molecule is COC(=O)c1cccc(COC(=O)c2ccc3c(c2)OCCCO3)c1. The van der Waals surface area contributed by atoms with Crippen LogP contribution in [0.4, 0.5) is 0 Å². The molecule has 0 radical (unpaired) electrons. The van der Waals surface area contributed by atoms with Crippen LogP contribution in [-0.2, 0) is 16.1 Å². The second kappa shape index (κ2) is 7.70. The Morgan fingerprint density at radius 3 is 2.52 bits per heavy atom. The van der Waals surface area contributed by atoms with Crippen molar-refractivity contribution >= 4 is 11.9 Å². The van der Waals surface area contributed by atoms with Crippen LogP contribution in [0.2, 0.25) is 0 Å². The molecule has 0 aliphatic carbocycles. The Morgan fingerprint density at radius 1 is 0.960 bits per heavy atom. The van der Waals surface area contributed by atoms with Crippen molar-refractivity contribution < 1.29 is 28.5 Å². The van der Waals surface area contributed by atoms with Crippen LogP contribution in [0.5, 0.6) is 11.5 Å². The van der Waals surface area contributed by atoms with E-state index >= 15 is 0 Å². The van der Waals surface area contributed by atoms with Crippen molar-refractivity contribution in [3.05, 3.63) is 59.2 Å². The first-order chi connectivity index (χ1) is 12.2. The topological polar surface area (TPSA) is 71.1 Å². The number of hydrogen-bond acceptors (Lipinski definition) is 6. The van der Waals surface area contributed by atoms with Gasteiger partial charge in [-0.15, -0.1) is 0 Å². The van der Waals surface area contributed by atoms with Gasteiger partial charge in [-0.2, -0.15) is 0 Å². The van der Waals surface area contributed by atoms with Gasteiger partial charge in [0, 0.05) is 6.42 Å². The zero-order valence-corrected chi connectivity index (χ0v) is 13.8. The summed E-state index contributed by atoms with van der Waals surface area (Å²) in [5.74, 6) is 0.259. The molecule has 25 heavy (non-hydrogen) atoms. The van der Waals surface area contributed by atoms with Crippen LogP contribution in [0.3, 0.4) is 0 Å². The third kappa shape index (κ3) is 4.09. The Bertz CT molecular complexity index is 783. The summed E-state index contributed by atoms with van der Waals surface area (Å²) in [5.41, 5.74) is 1.49. The highest BCUT2D eigenvalue weighted by Crippen LogP contribution is 2.30. The lowest BCUT2D eigenvalue weighted by Gasteiger charge is -2.10. The van der Waals surface area contributed by atoms with Gasteiger partial charge >= 0.3 is 11.9 Å². The molecule has 1 heterocycles. The number of hydrogen-bond donors (Lipinski definition) is 0. The molecule has 0 N–H and O–H groups in total. The molecule has 6 nitrogen and oxygen atoms in total. The molecule has 2 aromatic carbocycles. The van der Waals surface area contributed by atoms with Crippen LogP contribution < -0.4 is 9.47 Å². The average Bonchev–Trinajstić information content (AvgIpc) is 2.90. The maximum atomic E-state index is 12.3. The van der Waals surface area contributed by atoms with Crippen molar-refractivity contribution in [2.45, 2.75) is 13.0 Å². The first-order valence-electron chi connectivity index (χ1n) is 7.91. The highest BCUT2D eigenvalue weighted by Gasteiger charge is 2.15. The second-order valence-corrected chi connectivity index (χ2v) is 5.48. The molecule has 1 aliphatic heterocycles. The summed E-state index contributed by atoms with van der Waals surface area (Å²) in [6, 6.07) is 11.7. The van der Waals surface area contributed by atoms with E-state index in [2.05, 4.69) is 4.74 Å². The monoisotopic (exact) mass is 342 g/mol. The predicted molar refractivity (Wildman–Crippen MR) is 89.0 cm³/mol. The number of ether oxygens (including phenoxy) is 4. The molecule has 0 bridgehead atoms. The van der Waals surface area contributed by atoms with Crippen molar-refractivity contribution in [2.75, 3.05) is 20.3 Å². The van der Waals surface area contributed by atoms with E-state index in [9.17, 15) is 9.59 Å². The van der Waals surface area contributed by atoms with Crippen LogP contribution in [0.25, 0.3) is 0 Å². The fraction of sp³-hybridized carbons (Fsp3) is 0.263. The molecule has 0 atom stereocenters. The normalized spacial score (nSPS) is 12.8. The molecule has 0 aromatic heterocycles. The fourth-order valence-corrected chi connectivity index (χ4v) is 2.43. The quantitative estimate of drug-likeness (QED) is 0.796. The molecule has 0 spiro atoms. The summed E-state index contributed by atoms with van der Waals surface area (Å²) in [7, 11) is 1.32. The van der Waals surface area contributed by atoms with Crippen LogP contribution >= 0.6 is 0 Å². The number of benzene rings is 2. The van der Waals surface area contributed by atoms with Crippen LogP contribution in [0, 0.1) is 0 Å². The summed E-state index contributed by atoms with van der Waals surface area (Å²) in [6.07, 6.45) is 0.797. The summed E-state index contributed by atoms with van der Waals surface area (Å²) in [4.78, 5) is 23.8. The van der Waals surface area contributed by atoms with Crippen LogP contribution in [0.15, 0.2) is 42.5 Å². The molecule has 6 heteroatoms. The predicted octanol–water partition coefficient (Wildman–Crippen LogP) is 2.99. The van der Waals surface area contributed by atoms with Gasteiger partial charge in [0.2, 0.25) is 0 Å². The van der Waals surface area contributed by atoms with E-state index in [1.807, 2.05) is 0 Å². The Morgan fingerprint density at radius 2 is 1.72 bits per heavy atom. The van der Waals surface area contributed by atoms with Gasteiger partial charge in [-0.1, -0.05) is 12.1 Å². The Balaban J connectivity index is 1.67. The van der Waals surface area contributed by atoms with E-state index in [-0.39, 0.29) is 6.61 Å². The van der Waals surface area contributed by atoms with Gasteiger partial charge in [0.25, 0.3) is 0 Å². The van der Waals surface area contributed by atoms with Gasteiger partial charge in [0.15, 0.2) is 11.5 Å². The van der Waals surface area contributed by atoms with Crippen molar-refractivity contribution in [1.29, 1.82) is 0 Å². The maximum absolute atomic E-state index is 12.3. The molecule has 0 saturated heterocycles. The molecule has 1 aliphatic rings. The molecule has 0 unspecified atom stereocenters. The van der Waals surface area contributed by atoms with Crippen molar-refractivity contribution in [3.63, 3.8) is 0 Å². The van der Waals surface area contributed by atoms with Crippen LogP contribution in [-0.4, -0.2) is 32.3 Å². The molecule has 3 rings (SSSR count). The van der Waals surface area contributed by atoms with E-state index in [4.69, 9.17) is 14.2 Å². The highest BCUT2D eigenvalue weighted by molar-refractivity contribution is 5.90. The summed E-state index contributed by atoms with van der Waals surface area (Å²) >= 11 is 0. The number of fused-ring (bicyclic) bond motifs is 1. The summed E-state index contributed by atoms with van der Waals surface area (Å²) in [6.45, 7) is 1.19. The van der Waals surface area contributed by atoms with Gasteiger partial charge in [-0.25, -0.2) is 9.59 Å². The fourth-order valence-electron chi connectivity index (χ4n) is 2.43. The zero-order valence-electron chi connectivity index (χ0n) is 13.8. The van der Waals surface area contributed by atoms with E-state index in [1.54, 1.807) is 42.5 Å². The molecular formula is C19H18O6. The van der Waals surface area contributed by atoms with Gasteiger partial charge < -0.3 is 18.9 Å². The number of carbonyl (C=O) groups is 2. The first-order valence-corrected chi connectivity index (χ1v) is 7.91. The maximum Gasteiger partial charge on any atom is 0.338 e. The molecule has 0 fully saturated rings. The number of carbonyl (C=O) groups excluding carboxylic acids is 2. The van der Waals surface area contributed by atoms with Crippen molar-refractivity contribution in [1.82, 2.24) is 0 Å². The average molecular weight is 342 g/mol. The Labute approximate surface area is 145 Å². The Hall–Kier alpha value is -3.02. The van der Waals surface area contributed by atoms with E-state index < -0.39 is 11.9 Å². The van der Waals surface area contributed by atoms with Gasteiger partial charge in [0.05, 0.1) is 31.5 Å². The number of esters is 2. The minimum Gasteiger partial charge on any atom is -0.490 e. The molecule has 130 valence electrons. The van der Waals surface area contributed by atoms with E-state index in [0.717, 1.165) is 6.42 Å². The minimum absolute atomic E-state index is 0.0537. The van der Waals surface area contributed by atoms with E-state index in [1.165, 1.54) is 7.11 Å². The summed E-state index contributed by atoms with van der Waals surface area (Å²) in [5, 5.41) is 0. The first kappa shape index (κ1) is 16.8. The second-order valence-electron chi connectivity index (χ2n) is 5.48. The lowest BCUT2D eigenvalue weighted by atomic mass is 10.1. The Kier molecular flexibility index (Phi) is 5.18. The van der Waals surface area contributed by atoms with Gasteiger partial charge in [0.1, 0.15) is 6.61 Å².